The molecule has 1 aliphatic rings. The number of benzene rings is 1. The van der Waals surface area contributed by atoms with Crippen LogP contribution in [0, 0.1) is 5.92 Å². The van der Waals surface area contributed by atoms with Gasteiger partial charge in [0, 0.05) is 17.0 Å². The fourth-order valence-corrected chi connectivity index (χ4v) is 3.69. The Morgan fingerprint density at radius 1 is 1.30 bits per heavy atom. The van der Waals surface area contributed by atoms with Crippen LogP contribution in [-0.2, 0) is 0 Å². The average Bonchev–Trinajstić information content (AvgIpc) is 2.96. The van der Waals surface area contributed by atoms with Gasteiger partial charge in [-0.2, -0.15) is 9.78 Å². The van der Waals surface area contributed by atoms with E-state index in [1.165, 1.54) is 11.6 Å². The van der Waals surface area contributed by atoms with Crippen molar-refractivity contribution in [1.29, 1.82) is 0 Å². The van der Waals surface area contributed by atoms with Gasteiger partial charge in [0.15, 0.2) is 0 Å². The zero-order chi connectivity index (χ0) is 16.6. The molecule has 0 radical (unpaired) electrons. The van der Waals surface area contributed by atoms with E-state index in [0.29, 0.717) is 17.8 Å². The summed E-state index contributed by atoms with van der Waals surface area (Å²) in [4.78, 5) is 12.4. The summed E-state index contributed by atoms with van der Waals surface area (Å²) in [7, 11) is 0. The topological polar surface area (TPSA) is 34.9 Å². The molecule has 0 bridgehead atoms. The van der Waals surface area contributed by atoms with E-state index >= 15 is 0 Å². The highest BCUT2D eigenvalue weighted by molar-refractivity contribution is 5.92. The summed E-state index contributed by atoms with van der Waals surface area (Å²) < 4.78 is 1.56. The molecule has 2 atom stereocenters. The van der Waals surface area contributed by atoms with Crippen molar-refractivity contribution in [1.82, 2.24) is 9.78 Å². The fraction of sp³-hybridized carbons (Fsp3) is 0.400. The summed E-state index contributed by atoms with van der Waals surface area (Å²) in [5.41, 5.74) is 4.35. The van der Waals surface area contributed by atoms with Crippen molar-refractivity contribution in [2.24, 2.45) is 5.92 Å². The molecule has 0 aliphatic heterocycles. The van der Waals surface area contributed by atoms with Crippen LogP contribution in [0.2, 0.25) is 0 Å². The third kappa shape index (κ3) is 2.65. The van der Waals surface area contributed by atoms with Crippen LogP contribution in [0.1, 0.15) is 61.5 Å². The van der Waals surface area contributed by atoms with Crippen LogP contribution in [0.5, 0.6) is 0 Å². The molecule has 0 N–H and O–H groups in total. The largest absolute Gasteiger partial charge is 0.270 e. The lowest BCUT2D eigenvalue weighted by Crippen LogP contribution is -2.17. The molecular formula is C20H24N2O. The maximum atomic E-state index is 12.4. The SMILES string of the molecule is C=CC(=O)n1nc2c(c1-c1ccccc1)[C@H](C)CC[C@@H]2C(C)C. The van der Waals surface area contributed by atoms with Gasteiger partial charge in [0.2, 0.25) is 0 Å². The predicted molar refractivity (Wildman–Crippen MR) is 93.7 cm³/mol. The maximum absolute atomic E-state index is 12.4. The minimum atomic E-state index is -0.159. The number of aromatic nitrogens is 2. The molecule has 0 saturated carbocycles. The molecule has 3 heteroatoms. The van der Waals surface area contributed by atoms with Crippen molar-refractivity contribution < 1.29 is 4.79 Å². The lowest BCUT2D eigenvalue weighted by atomic mass is 9.75. The second kappa shape index (κ2) is 6.15. The first-order chi connectivity index (χ1) is 11.0. The zero-order valence-electron chi connectivity index (χ0n) is 14.1. The normalized spacial score (nSPS) is 20.3. The van der Waals surface area contributed by atoms with Gasteiger partial charge in [-0.3, -0.25) is 4.79 Å². The quantitative estimate of drug-likeness (QED) is 0.747. The Bertz CT molecular complexity index is 728. The third-order valence-corrected chi connectivity index (χ3v) is 4.94. The molecule has 1 aromatic heterocycles. The molecule has 0 saturated heterocycles. The Morgan fingerprint density at radius 2 is 2.00 bits per heavy atom. The van der Waals surface area contributed by atoms with Gasteiger partial charge in [0.1, 0.15) is 0 Å². The van der Waals surface area contributed by atoms with Crippen molar-refractivity contribution in [3.63, 3.8) is 0 Å². The molecule has 1 heterocycles. The highest BCUT2D eigenvalue weighted by Gasteiger charge is 2.34. The first-order valence-electron chi connectivity index (χ1n) is 8.39. The van der Waals surface area contributed by atoms with Gasteiger partial charge in [-0.25, -0.2) is 0 Å². The van der Waals surface area contributed by atoms with Crippen LogP contribution in [0.3, 0.4) is 0 Å². The molecule has 3 nitrogen and oxygen atoms in total. The number of hydrogen-bond acceptors (Lipinski definition) is 2. The van der Waals surface area contributed by atoms with E-state index in [4.69, 9.17) is 5.10 Å². The summed E-state index contributed by atoms with van der Waals surface area (Å²) in [6.45, 7) is 10.4. The summed E-state index contributed by atoms with van der Waals surface area (Å²) in [5, 5.41) is 4.75. The van der Waals surface area contributed by atoms with Crippen molar-refractivity contribution in [2.75, 3.05) is 0 Å². The van der Waals surface area contributed by atoms with Gasteiger partial charge < -0.3 is 0 Å². The molecule has 0 unspecified atom stereocenters. The zero-order valence-corrected chi connectivity index (χ0v) is 14.1. The number of allylic oxidation sites excluding steroid dienone is 1. The minimum absolute atomic E-state index is 0.159. The molecule has 0 fully saturated rings. The molecule has 23 heavy (non-hydrogen) atoms. The smallest absolute Gasteiger partial charge is 0.267 e. The lowest BCUT2D eigenvalue weighted by molar-refractivity contribution is 0.0955. The maximum Gasteiger partial charge on any atom is 0.270 e. The Kier molecular flexibility index (Phi) is 4.20. The molecule has 1 aromatic carbocycles. The van der Waals surface area contributed by atoms with Gasteiger partial charge >= 0.3 is 0 Å². The van der Waals surface area contributed by atoms with Crippen LogP contribution in [0.25, 0.3) is 11.3 Å². The molecule has 2 aromatic rings. The van der Waals surface area contributed by atoms with E-state index in [1.807, 2.05) is 18.2 Å². The summed E-state index contributed by atoms with van der Waals surface area (Å²) >= 11 is 0. The highest BCUT2D eigenvalue weighted by Crippen LogP contribution is 2.45. The standard InChI is InChI=1S/C20H24N2O/c1-5-17(23)22-20(15-9-7-6-8-10-15)18-14(4)11-12-16(13(2)3)19(18)21-22/h5-10,13-14,16H,1,11-12H2,2-4H3/t14-,16-/m1/s1. The van der Waals surface area contributed by atoms with Gasteiger partial charge in [0.25, 0.3) is 5.91 Å². The third-order valence-electron chi connectivity index (χ3n) is 4.94. The molecular weight excluding hydrogens is 284 g/mol. The Hall–Kier alpha value is -2.16. The van der Waals surface area contributed by atoms with Crippen LogP contribution >= 0.6 is 0 Å². The second-order valence-corrected chi connectivity index (χ2v) is 6.80. The number of fused-ring (bicyclic) bond motifs is 1. The first-order valence-corrected chi connectivity index (χ1v) is 8.39. The molecule has 0 spiro atoms. The monoisotopic (exact) mass is 308 g/mol. The van der Waals surface area contributed by atoms with Crippen molar-refractivity contribution in [3.8, 4) is 11.3 Å². The number of carbonyl (C=O) groups is 1. The minimum Gasteiger partial charge on any atom is -0.267 e. The number of nitrogens with zero attached hydrogens (tertiary/aromatic N) is 2. The summed E-state index contributed by atoms with van der Waals surface area (Å²) in [6, 6.07) is 10.1. The summed E-state index contributed by atoms with van der Waals surface area (Å²) in [6.07, 6.45) is 3.63. The molecule has 3 rings (SSSR count). The van der Waals surface area contributed by atoms with Crippen LogP contribution in [-0.4, -0.2) is 15.7 Å². The van der Waals surface area contributed by atoms with Crippen molar-refractivity contribution >= 4 is 5.91 Å². The Morgan fingerprint density at radius 3 is 2.61 bits per heavy atom. The van der Waals surface area contributed by atoms with Gasteiger partial charge in [-0.05, 0) is 30.8 Å². The molecule has 120 valence electrons. The van der Waals surface area contributed by atoms with E-state index in [-0.39, 0.29) is 5.91 Å². The Balaban J connectivity index is 2.28. The van der Waals surface area contributed by atoms with Gasteiger partial charge in [-0.15, -0.1) is 0 Å². The molecule has 1 aliphatic carbocycles. The highest BCUT2D eigenvalue weighted by atomic mass is 16.2. The van der Waals surface area contributed by atoms with E-state index in [1.54, 1.807) is 4.68 Å². The number of rotatable bonds is 3. The fourth-order valence-electron chi connectivity index (χ4n) is 3.69. The second-order valence-electron chi connectivity index (χ2n) is 6.80. The average molecular weight is 308 g/mol. The predicted octanol–water partition coefficient (Wildman–Crippen LogP) is 5.01. The number of hydrogen-bond donors (Lipinski definition) is 0. The van der Waals surface area contributed by atoms with Gasteiger partial charge in [0.05, 0.1) is 11.4 Å². The Labute approximate surface area is 138 Å². The van der Waals surface area contributed by atoms with Crippen LogP contribution < -0.4 is 0 Å². The van der Waals surface area contributed by atoms with E-state index in [2.05, 4.69) is 39.5 Å². The van der Waals surface area contributed by atoms with E-state index in [0.717, 1.165) is 29.8 Å². The van der Waals surface area contributed by atoms with E-state index in [9.17, 15) is 4.79 Å². The van der Waals surface area contributed by atoms with E-state index < -0.39 is 0 Å². The van der Waals surface area contributed by atoms with Gasteiger partial charge in [-0.1, -0.05) is 57.7 Å². The van der Waals surface area contributed by atoms with Crippen LogP contribution in [0.4, 0.5) is 0 Å². The van der Waals surface area contributed by atoms with Crippen LogP contribution in [0.15, 0.2) is 43.0 Å². The van der Waals surface area contributed by atoms with Crippen molar-refractivity contribution in [3.05, 3.63) is 54.2 Å². The number of carbonyl (C=O) groups excluding carboxylic acids is 1. The summed E-state index contributed by atoms with van der Waals surface area (Å²) in [5.74, 6) is 1.20. The lowest BCUT2D eigenvalue weighted by Gasteiger charge is -2.28. The first kappa shape index (κ1) is 15.7. The van der Waals surface area contributed by atoms with Crippen molar-refractivity contribution in [2.45, 2.75) is 45.4 Å². The molecule has 0 amide bonds.